The second-order valence-corrected chi connectivity index (χ2v) is 9.83. The first-order valence-corrected chi connectivity index (χ1v) is 11.8. The van der Waals surface area contributed by atoms with Crippen molar-refractivity contribution in [2.24, 2.45) is 17.8 Å². The van der Waals surface area contributed by atoms with Crippen molar-refractivity contribution in [3.8, 4) is 17.2 Å². The van der Waals surface area contributed by atoms with E-state index in [1.807, 2.05) is 0 Å². The molecule has 6 rings (SSSR count). The summed E-state index contributed by atoms with van der Waals surface area (Å²) >= 11 is 0. The van der Waals surface area contributed by atoms with Crippen LogP contribution >= 0.6 is 0 Å². The van der Waals surface area contributed by atoms with Crippen molar-refractivity contribution in [3.63, 3.8) is 0 Å². The van der Waals surface area contributed by atoms with Gasteiger partial charge in [0, 0.05) is 48.7 Å². The van der Waals surface area contributed by atoms with Gasteiger partial charge in [-0.15, -0.1) is 0 Å². The Morgan fingerprint density at radius 3 is 2.64 bits per heavy atom. The van der Waals surface area contributed by atoms with Crippen molar-refractivity contribution < 1.29 is 27.5 Å². The second kappa shape index (κ2) is 7.93. The third kappa shape index (κ3) is 3.51. The number of carbonyl (C=O) groups excluding carboxylic acids is 2. The summed E-state index contributed by atoms with van der Waals surface area (Å²) < 4.78 is 46.3. The smallest absolute Gasteiger partial charge is 0.414 e. The maximum absolute atomic E-state index is 15.0. The molecule has 2 aliphatic carbocycles. The van der Waals surface area contributed by atoms with E-state index in [0.717, 1.165) is 13.1 Å². The van der Waals surface area contributed by atoms with Crippen LogP contribution in [0.4, 0.5) is 23.7 Å². The van der Waals surface area contributed by atoms with Crippen LogP contribution in [0.25, 0.3) is 11.1 Å². The van der Waals surface area contributed by atoms with Crippen molar-refractivity contribution in [1.29, 1.82) is 5.26 Å². The average Bonchev–Trinajstić information content (AvgIpc) is 3.48. The first-order chi connectivity index (χ1) is 17.2. The Kier molecular flexibility index (Phi) is 5.02. The lowest BCUT2D eigenvalue weighted by Gasteiger charge is -2.15. The topological polar surface area (TPSA) is 107 Å². The number of ether oxygens (including phenoxy) is 1. The largest absolute Gasteiger partial charge is 0.442 e. The predicted octanol–water partition coefficient (Wildman–Crippen LogP) is 2.59. The molecule has 36 heavy (non-hydrogen) atoms. The Bertz CT molecular complexity index is 1280. The third-order valence-electron chi connectivity index (χ3n) is 7.74. The summed E-state index contributed by atoms with van der Waals surface area (Å²) in [6.45, 7) is 1.53. The van der Waals surface area contributed by atoms with Gasteiger partial charge in [-0.05, 0) is 24.3 Å². The van der Waals surface area contributed by atoms with Crippen molar-refractivity contribution in [3.05, 3.63) is 48.0 Å². The molecule has 2 aromatic rings. The van der Waals surface area contributed by atoms with Gasteiger partial charge in [0.1, 0.15) is 23.3 Å². The fraction of sp³-hybridized carbons (Fsp3) is 0.440. The first kappa shape index (κ1) is 22.8. The Morgan fingerprint density at radius 1 is 1.28 bits per heavy atom. The van der Waals surface area contributed by atoms with E-state index < -0.39 is 47.6 Å². The van der Waals surface area contributed by atoms with Crippen LogP contribution < -0.4 is 15.5 Å². The number of halogens is 3. The predicted molar refractivity (Wildman–Crippen MR) is 120 cm³/mol. The van der Waals surface area contributed by atoms with E-state index >= 15 is 4.39 Å². The van der Waals surface area contributed by atoms with Crippen LogP contribution in [0.5, 0.6) is 0 Å². The number of piperidine rings is 1. The number of hydrogen-bond donors (Lipinski definition) is 2. The van der Waals surface area contributed by atoms with Gasteiger partial charge in [0.2, 0.25) is 5.91 Å². The highest BCUT2D eigenvalue weighted by Gasteiger charge is 2.69. The Labute approximate surface area is 204 Å². The highest BCUT2D eigenvalue weighted by molar-refractivity contribution is 5.90. The lowest BCUT2D eigenvalue weighted by molar-refractivity contribution is -0.124. The summed E-state index contributed by atoms with van der Waals surface area (Å²) in [6.07, 6.45) is -0.370. The molecular formula is C25H22F3N5O3. The fourth-order valence-electron chi connectivity index (χ4n) is 5.52. The molecule has 2 aliphatic heterocycles. The van der Waals surface area contributed by atoms with E-state index in [1.54, 1.807) is 24.4 Å². The molecule has 2 saturated heterocycles. The number of anilines is 1. The fourth-order valence-corrected chi connectivity index (χ4v) is 5.52. The summed E-state index contributed by atoms with van der Waals surface area (Å²) in [4.78, 5) is 29.8. The molecule has 0 spiro atoms. The van der Waals surface area contributed by atoms with Gasteiger partial charge in [-0.1, -0.05) is 6.07 Å². The molecule has 186 valence electrons. The second-order valence-electron chi connectivity index (χ2n) is 9.83. The van der Waals surface area contributed by atoms with Crippen molar-refractivity contribution in [2.45, 2.75) is 23.9 Å². The molecular weight excluding hydrogens is 475 g/mol. The van der Waals surface area contributed by atoms with Crippen molar-refractivity contribution in [1.82, 2.24) is 15.6 Å². The van der Waals surface area contributed by atoms with Gasteiger partial charge in [-0.3, -0.25) is 14.7 Å². The number of amides is 2. The van der Waals surface area contributed by atoms with Crippen LogP contribution in [0.1, 0.15) is 12.1 Å². The van der Waals surface area contributed by atoms with Crippen LogP contribution in [-0.4, -0.2) is 55.2 Å². The zero-order valence-electron chi connectivity index (χ0n) is 19.0. The van der Waals surface area contributed by atoms with E-state index in [1.165, 1.54) is 17.0 Å². The van der Waals surface area contributed by atoms with Crippen LogP contribution in [0.15, 0.2) is 36.5 Å². The van der Waals surface area contributed by atoms with Crippen LogP contribution in [0.3, 0.4) is 0 Å². The van der Waals surface area contributed by atoms with Gasteiger partial charge in [-0.25, -0.2) is 18.0 Å². The maximum atomic E-state index is 15.0. The van der Waals surface area contributed by atoms with Crippen LogP contribution in [0, 0.1) is 34.9 Å². The number of pyridine rings is 1. The Balaban J connectivity index is 1.12. The molecule has 0 radical (unpaired) electrons. The molecule has 8 nitrogen and oxygen atoms in total. The number of cyclic esters (lactones) is 1. The molecule has 1 aromatic carbocycles. The van der Waals surface area contributed by atoms with Crippen molar-refractivity contribution >= 4 is 17.7 Å². The van der Waals surface area contributed by atoms with Crippen LogP contribution in [-0.2, 0) is 14.9 Å². The summed E-state index contributed by atoms with van der Waals surface area (Å²) in [5.41, 5.74) is 1.24. The van der Waals surface area contributed by atoms with E-state index in [2.05, 4.69) is 21.7 Å². The van der Waals surface area contributed by atoms with Gasteiger partial charge in [0.15, 0.2) is 0 Å². The van der Waals surface area contributed by atoms with Gasteiger partial charge in [0.25, 0.3) is 5.92 Å². The van der Waals surface area contributed by atoms with E-state index in [-0.39, 0.29) is 30.6 Å². The number of rotatable bonds is 6. The molecule has 2 saturated carbocycles. The lowest BCUT2D eigenvalue weighted by atomic mass is 9.96. The number of nitriles is 1. The molecule has 2 N–H and O–H groups in total. The number of carbonyl (C=O) groups is 2. The Hall–Kier alpha value is -3.65. The monoisotopic (exact) mass is 497 g/mol. The van der Waals surface area contributed by atoms with E-state index in [0.29, 0.717) is 16.8 Å². The lowest BCUT2D eigenvalue weighted by Crippen LogP contribution is -2.36. The quantitative estimate of drug-likeness (QED) is 0.636. The molecule has 5 atom stereocenters. The SMILES string of the molecule is N#C[C@]1(c2ccc(-c3ccc(N4C[C@H](CNC(=O)C5CC5(F)F)OC4=O)cc3F)cn2)[C@@H]2CNC[C@@H]21. The number of hydrogen-bond acceptors (Lipinski definition) is 6. The number of alkyl halides is 2. The average molecular weight is 497 g/mol. The van der Waals surface area contributed by atoms with E-state index in [4.69, 9.17) is 4.74 Å². The molecule has 2 amide bonds. The third-order valence-corrected chi connectivity index (χ3v) is 7.74. The minimum atomic E-state index is -2.97. The highest BCUT2D eigenvalue weighted by Crippen LogP contribution is 2.60. The zero-order chi connectivity index (χ0) is 25.2. The van der Waals surface area contributed by atoms with Crippen molar-refractivity contribution in [2.75, 3.05) is 31.1 Å². The molecule has 1 unspecified atom stereocenters. The number of nitrogens with zero attached hydrogens (tertiary/aromatic N) is 3. The molecule has 0 bridgehead atoms. The first-order valence-electron chi connectivity index (χ1n) is 11.8. The number of benzene rings is 1. The van der Waals surface area contributed by atoms with Crippen LogP contribution in [0.2, 0.25) is 0 Å². The minimum Gasteiger partial charge on any atom is -0.442 e. The van der Waals surface area contributed by atoms with Gasteiger partial charge < -0.3 is 15.4 Å². The summed E-state index contributed by atoms with van der Waals surface area (Å²) in [6, 6.07) is 10.3. The number of aromatic nitrogens is 1. The Morgan fingerprint density at radius 2 is 2.03 bits per heavy atom. The standard InChI is InChI=1S/C25H22F3N5O3/c26-20-5-14(33-11-15(36-23(33)35)8-32-22(34)17-6-25(17,27)28)2-3-16(20)13-1-4-21(31-7-13)24(12-29)18-9-30-10-19(18)24/h1-5,7,15,17-19,30H,6,8-11H2,(H,32,34)/t15-,17?,18-,19+,24+/m0/s1. The summed E-state index contributed by atoms with van der Waals surface area (Å²) in [5.74, 6) is -5.13. The molecule has 1 aromatic heterocycles. The summed E-state index contributed by atoms with van der Waals surface area (Å²) in [5, 5.41) is 15.4. The van der Waals surface area contributed by atoms with E-state index in [9.17, 15) is 23.6 Å². The molecule has 3 heterocycles. The minimum absolute atomic E-state index is 0.0443. The van der Waals surface area contributed by atoms with Gasteiger partial charge in [-0.2, -0.15) is 5.26 Å². The molecule has 4 fully saturated rings. The molecule has 11 heteroatoms. The van der Waals surface area contributed by atoms with Gasteiger partial charge >= 0.3 is 6.09 Å². The maximum Gasteiger partial charge on any atom is 0.414 e. The number of nitrogens with one attached hydrogen (secondary N) is 2. The summed E-state index contributed by atoms with van der Waals surface area (Å²) in [7, 11) is 0. The number of fused-ring (bicyclic) bond motifs is 1. The zero-order valence-corrected chi connectivity index (χ0v) is 19.0. The highest BCUT2D eigenvalue weighted by atomic mass is 19.3. The molecule has 4 aliphatic rings. The van der Waals surface area contributed by atoms with Gasteiger partial charge in [0.05, 0.1) is 30.5 Å². The normalized spacial score (nSPS) is 31.4.